The van der Waals surface area contributed by atoms with Gasteiger partial charge in [-0.25, -0.2) is 0 Å². The number of hydrogen-bond donors (Lipinski definition) is 0. The van der Waals surface area contributed by atoms with Crippen molar-refractivity contribution in [3.05, 3.63) is 24.5 Å². The van der Waals surface area contributed by atoms with Crippen molar-refractivity contribution in [3.8, 4) is 0 Å². The summed E-state index contributed by atoms with van der Waals surface area (Å²) >= 11 is 0. The molecule has 1 aromatic heterocycles. The molecule has 0 unspecified atom stereocenters. The third-order valence-electron chi connectivity index (χ3n) is 5.24. The fourth-order valence-corrected chi connectivity index (χ4v) is 3.77. The Balaban J connectivity index is 1.63. The van der Waals surface area contributed by atoms with E-state index < -0.39 is 0 Å². The lowest BCUT2D eigenvalue weighted by atomic mass is 9.77. The lowest BCUT2D eigenvalue weighted by Gasteiger charge is -2.45. The van der Waals surface area contributed by atoms with Crippen molar-refractivity contribution in [3.63, 3.8) is 0 Å². The van der Waals surface area contributed by atoms with Gasteiger partial charge in [0.05, 0.1) is 0 Å². The average Bonchev–Trinajstić information content (AvgIpc) is 2.83. The SMILES string of the molecule is CC(C)(C)N1CCC2(CCN(c3ccncc3)C2)CC1. The number of pyridine rings is 1. The highest BCUT2D eigenvalue weighted by atomic mass is 15.2. The predicted octanol–water partition coefficient (Wildman–Crippen LogP) is 3.17. The van der Waals surface area contributed by atoms with Gasteiger partial charge >= 0.3 is 0 Å². The first kappa shape index (κ1) is 13.9. The van der Waals surface area contributed by atoms with Crippen LogP contribution in [0.15, 0.2) is 24.5 Å². The Hall–Kier alpha value is -1.09. The molecular formula is C17H27N3. The van der Waals surface area contributed by atoms with Gasteiger partial charge in [-0.05, 0) is 70.7 Å². The van der Waals surface area contributed by atoms with Gasteiger partial charge in [0.25, 0.3) is 0 Å². The van der Waals surface area contributed by atoms with Gasteiger partial charge in [0, 0.05) is 36.7 Å². The summed E-state index contributed by atoms with van der Waals surface area (Å²) in [5, 5.41) is 0. The standard InChI is InChI=1S/C17H27N3/c1-16(2,3)20-12-7-17(8-13-20)6-11-19(14-17)15-4-9-18-10-5-15/h4-5,9-10H,6-8,11-14H2,1-3H3. The van der Waals surface area contributed by atoms with Crippen molar-refractivity contribution >= 4 is 5.69 Å². The number of aromatic nitrogens is 1. The summed E-state index contributed by atoms with van der Waals surface area (Å²) in [6.07, 6.45) is 7.87. The Labute approximate surface area is 123 Å². The van der Waals surface area contributed by atoms with Gasteiger partial charge in [-0.3, -0.25) is 9.88 Å². The first-order valence-electron chi connectivity index (χ1n) is 7.89. The maximum Gasteiger partial charge on any atom is 0.0397 e. The summed E-state index contributed by atoms with van der Waals surface area (Å²) in [4.78, 5) is 9.32. The van der Waals surface area contributed by atoms with E-state index in [2.05, 4.69) is 47.7 Å². The van der Waals surface area contributed by atoms with Crippen LogP contribution >= 0.6 is 0 Å². The first-order valence-corrected chi connectivity index (χ1v) is 7.89. The lowest BCUT2D eigenvalue weighted by Crippen LogP contribution is -2.49. The quantitative estimate of drug-likeness (QED) is 0.783. The van der Waals surface area contributed by atoms with Crippen LogP contribution in [0.4, 0.5) is 5.69 Å². The summed E-state index contributed by atoms with van der Waals surface area (Å²) in [6.45, 7) is 12.0. The largest absolute Gasteiger partial charge is 0.371 e. The summed E-state index contributed by atoms with van der Waals surface area (Å²) in [5.41, 5.74) is 2.23. The number of anilines is 1. The average molecular weight is 273 g/mol. The number of nitrogens with zero attached hydrogens (tertiary/aromatic N) is 3. The van der Waals surface area contributed by atoms with Crippen molar-refractivity contribution in [1.29, 1.82) is 0 Å². The van der Waals surface area contributed by atoms with E-state index in [0.29, 0.717) is 11.0 Å². The molecule has 1 spiro atoms. The molecule has 2 fully saturated rings. The minimum atomic E-state index is 0.324. The van der Waals surface area contributed by atoms with Crippen molar-refractivity contribution in [2.45, 2.75) is 45.6 Å². The summed E-state index contributed by atoms with van der Waals surface area (Å²) in [7, 11) is 0. The molecule has 0 aliphatic carbocycles. The molecule has 0 atom stereocenters. The third kappa shape index (κ3) is 2.69. The van der Waals surface area contributed by atoms with Crippen molar-refractivity contribution in [2.24, 2.45) is 5.41 Å². The zero-order chi connectivity index (χ0) is 14.2. The fourth-order valence-electron chi connectivity index (χ4n) is 3.77. The van der Waals surface area contributed by atoms with E-state index in [1.54, 1.807) is 0 Å². The van der Waals surface area contributed by atoms with Crippen LogP contribution in [0.3, 0.4) is 0 Å². The maximum absolute atomic E-state index is 4.12. The fraction of sp³-hybridized carbons (Fsp3) is 0.706. The van der Waals surface area contributed by atoms with Crippen LogP contribution in [0.5, 0.6) is 0 Å². The van der Waals surface area contributed by atoms with Crippen LogP contribution in [0, 0.1) is 5.41 Å². The highest BCUT2D eigenvalue weighted by Gasteiger charge is 2.42. The molecule has 0 radical (unpaired) electrons. The molecule has 2 saturated heterocycles. The van der Waals surface area contributed by atoms with E-state index in [9.17, 15) is 0 Å². The van der Waals surface area contributed by atoms with Crippen molar-refractivity contribution < 1.29 is 0 Å². The van der Waals surface area contributed by atoms with Gasteiger partial charge < -0.3 is 4.90 Å². The van der Waals surface area contributed by atoms with E-state index >= 15 is 0 Å². The molecule has 20 heavy (non-hydrogen) atoms. The summed E-state index contributed by atoms with van der Waals surface area (Å²) in [5.74, 6) is 0. The molecule has 1 aromatic rings. The molecule has 2 aliphatic heterocycles. The Morgan fingerprint density at radius 2 is 1.60 bits per heavy atom. The molecule has 0 bridgehead atoms. The Morgan fingerprint density at radius 1 is 1.00 bits per heavy atom. The van der Waals surface area contributed by atoms with Crippen LogP contribution < -0.4 is 4.90 Å². The van der Waals surface area contributed by atoms with Gasteiger partial charge in [-0.1, -0.05) is 0 Å². The molecule has 2 aliphatic rings. The van der Waals surface area contributed by atoms with Crippen LogP contribution in [-0.2, 0) is 0 Å². The minimum absolute atomic E-state index is 0.324. The van der Waals surface area contributed by atoms with Crippen LogP contribution in [0.25, 0.3) is 0 Å². The zero-order valence-corrected chi connectivity index (χ0v) is 13.1. The molecule has 3 nitrogen and oxygen atoms in total. The molecule has 3 rings (SSSR count). The van der Waals surface area contributed by atoms with Gasteiger partial charge in [0.1, 0.15) is 0 Å². The molecule has 3 heterocycles. The highest BCUT2D eigenvalue weighted by Crippen LogP contribution is 2.42. The van der Waals surface area contributed by atoms with Crippen molar-refractivity contribution in [1.82, 2.24) is 9.88 Å². The van der Waals surface area contributed by atoms with E-state index in [4.69, 9.17) is 0 Å². The van der Waals surface area contributed by atoms with Gasteiger partial charge in [-0.2, -0.15) is 0 Å². The third-order valence-corrected chi connectivity index (χ3v) is 5.24. The lowest BCUT2D eigenvalue weighted by molar-refractivity contribution is 0.0523. The smallest absolute Gasteiger partial charge is 0.0397 e. The van der Waals surface area contributed by atoms with E-state index in [1.165, 1.54) is 51.1 Å². The van der Waals surface area contributed by atoms with Crippen molar-refractivity contribution in [2.75, 3.05) is 31.1 Å². The molecule has 3 heteroatoms. The van der Waals surface area contributed by atoms with Crippen LogP contribution in [0.2, 0.25) is 0 Å². The van der Waals surface area contributed by atoms with Gasteiger partial charge in [0.2, 0.25) is 0 Å². The van der Waals surface area contributed by atoms with E-state index in [-0.39, 0.29) is 0 Å². The number of rotatable bonds is 1. The molecule has 0 amide bonds. The second-order valence-electron chi connectivity index (χ2n) is 7.53. The van der Waals surface area contributed by atoms with E-state index in [1.807, 2.05) is 12.4 Å². The Morgan fingerprint density at radius 3 is 2.20 bits per heavy atom. The van der Waals surface area contributed by atoms with Crippen LogP contribution in [0.1, 0.15) is 40.0 Å². The molecule has 110 valence electrons. The van der Waals surface area contributed by atoms with E-state index in [0.717, 1.165) is 0 Å². The Kier molecular flexibility index (Phi) is 3.49. The van der Waals surface area contributed by atoms with Crippen LogP contribution in [-0.4, -0.2) is 41.6 Å². The zero-order valence-electron chi connectivity index (χ0n) is 13.1. The highest BCUT2D eigenvalue weighted by molar-refractivity contribution is 5.46. The first-order chi connectivity index (χ1) is 9.49. The summed E-state index contributed by atoms with van der Waals surface area (Å²) in [6, 6.07) is 4.28. The second kappa shape index (κ2) is 5.03. The number of hydrogen-bond acceptors (Lipinski definition) is 3. The monoisotopic (exact) mass is 273 g/mol. The molecular weight excluding hydrogens is 246 g/mol. The van der Waals surface area contributed by atoms with Gasteiger partial charge in [0.15, 0.2) is 0 Å². The molecule has 0 saturated carbocycles. The Bertz CT molecular complexity index is 441. The molecule has 0 aromatic carbocycles. The van der Waals surface area contributed by atoms with Gasteiger partial charge in [-0.15, -0.1) is 0 Å². The minimum Gasteiger partial charge on any atom is -0.371 e. The number of piperidine rings is 1. The topological polar surface area (TPSA) is 19.4 Å². The normalized spacial score (nSPS) is 23.4. The number of likely N-dealkylation sites (tertiary alicyclic amines) is 1. The predicted molar refractivity (Wildman–Crippen MR) is 84.1 cm³/mol. The summed E-state index contributed by atoms with van der Waals surface area (Å²) < 4.78 is 0. The second-order valence-corrected chi connectivity index (χ2v) is 7.53. The maximum atomic E-state index is 4.12. The molecule has 0 N–H and O–H groups in total.